The molecule has 0 atom stereocenters. The summed E-state index contributed by atoms with van der Waals surface area (Å²) in [4.78, 5) is 18.4. The predicted molar refractivity (Wildman–Crippen MR) is 123 cm³/mol. The molecule has 2 aromatic heterocycles. The molecule has 0 aliphatic rings. The number of carbonyl (C=O) groups is 1. The van der Waals surface area contributed by atoms with Crippen molar-refractivity contribution in [1.82, 2.24) is 9.97 Å². The number of carbonyl (C=O) groups excluding carboxylic acids is 1. The number of hydrogen-bond acceptors (Lipinski definition) is 5. The molecule has 2 aromatic carbocycles. The Labute approximate surface area is 189 Å². The molecule has 0 unspecified atom stereocenters. The summed E-state index contributed by atoms with van der Waals surface area (Å²) in [6, 6.07) is 27.1. The van der Waals surface area contributed by atoms with Crippen LogP contribution < -0.4 is 9.47 Å². The zero-order chi connectivity index (χ0) is 21.7. The number of hydrogen-bond donors (Lipinski definition) is 0. The number of rotatable bonds is 7. The third kappa shape index (κ3) is 8.03. The summed E-state index contributed by atoms with van der Waals surface area (Å²) in [5.41, 5.74) is 2.66. The van der Waals surface area contributed by atoms with Crippen molar-refractivity contribution < 1.29 is 14.3 Å². The van der Waals surface area contributed by atoms with Gasteiger partial charge in [0.25, 0.3) is 0 Å². The van der Waals surface area contributed by atoms with E-state index in [2.05, 4.69) is 25.9 Å². The summed E-state index contributed by atoms with van der Waals surface area (Å²) < 4.78 is 11.9. The summed E-state index contributed by atoms with van der Waals surface area (Å²) in [5.74, 6) is 1.44. The number of pyridine rings is 2. The fourth-order valence-electron chi connectivity index (χ4n) is 2.48. The zero-order valence-corrected chi connectivity index (χ0v) is 18.3. The molecule has 0 amide bonds. The van der Waals surface area contributed by atoms with E-state index in [1.54, 1.807) is 24.5 Å². The number of nitrogens with zero attached hydrogens (tertiary/aromatic N) is 2. The van der Waals surface area contributed by atoms with Gasteiger partial charge in [-0.25, -0.2) is 9.97 Å². The minimum absolute atomic E-state index is 0.409. The van der Waals surface area contributed by atoms with E-state index in [1.165, 1.54) is 0 Å². The van der Waals surface area contributed by atoms with Crippen LogP contribution in [0.5, 0.6) is 11.5 Å². The van der Waals surface area contributed by atoms with Crippen molar-refractivity contribution in [2.45, 2.75) is 13.2 Å². The highest BCUT2D eigenvalue weighted by atomic mass is 79.9. The maximum Gasteiger partial charge on any atom is 0.168 e. The fraction of sp³-hybridized carbons (Fsp3) is 0.0800. The largest absolute Gasteiger partial charge is 0.487 e. The van der Waals surface area contributed by atoms with Crippen LogP contribution in [-0.4, -0.2) is 16.3 Å². The maximum absolute atomic E-state index is 10.4. The van der Waals surface area contributed by atoms with Gasteiger partial charge < -0.3 is 9.47 Å². The smallest absolute Gasteiger partial charge is 0.168 e. The van der Waals surface area contributed by atoms with Gasteiger partial charge in [-0.3, -0.25) is 4.79 Å². The highest BCUT2D eigenvalue weighted by Gasteiger charge is 1.97. The monoisotopic (exact) mass is 476 g/mol. The molecule has 2 heterocycles. The van der Waals surface area contributed by atoms with E-state index in [0.717, 1.165) is 21.5 Å². The van der Waals surface area contributed by atoms with Gasteiger partial charge in [0.05, 0.1) is 12.4 Å². The summed E-state index contributed by atoms with van der Waals surface area (Å²) in [7, 11) is 0. The van der Waals surface area contributed by atoms with E-state index in [1.807, 2.05) is 72.8 Å². The molecule has 31 heavy (non-hydrogen) atoms. The molecule has 0 aliphatic heterocycles. The Morgan fingerprint density at radius 2 is 1.19 bits per heavy atom. The molecule has 0 aliphatic carbocycles. The molecule has 156 valence electrons. The lowest BCUT2D eigenvalue weighted by molar-refractivity contribution is 0.111. The molecule has 0 N–H and O–H groups in total. The second kappa shape index (κ2) is 12.2. The Hall–Kier alpha value is -3.51. The lowest BCUT2D eigenvalue weighted by Crippen LogP contribution is -1.96. The molecule has 0 saturated heterocycles. The number of halogens is 1. The van der Waals surface area contributed by atoms with Gasteiger partial charge in [0.1, 0.15) is 35.0 Å². The number of ether oxygens (including phenoxy) is 2. The summed E-state index contributed by atoms with van der Waals surface area (Å²) in [6.45, 7) is 1.08. The summed E-state index contributed by atoms with van der Waals surface area (Å²) >= 11 is 3.27. The Morgan fingerprint density at radius 3 is 1.61 bits per heavy atom. The van der Waals surface area contributed by atoms with Gasteiger partial charge in [0.2, 0.25) is 0 Å². The first-order valence-corrected chi connectivity index (χ1v) is 10.4. The summed E-state index contributed by atoms with van der Waals surface area (Å²) in [5, 5.41) is 0. The topological polar surface area (TPSA) is 61.3 Å². The Morgan fingerprint density at radius 1 is 0.677 bits per heavy atom. The van der Waals surface area contributed by atoms with Crippen molar-refractivity contribution in [2.75, 3.05) is 0 Å². The van der Waals surface area contributed by atoms with Gasteiger partial charge in [0.15, 0.2) is 6.29 Å². The van der Waals surface area contributed by atoms with Crippen molar-refractivity contribution in [3.8, 4) is 11.5 Å². The minimum atomic E-state index is 0.409. The van der Waals surface area contributed by atoms with Gasteiger partial charge >= 0.3 is 0 Å². The molecule has 0 bridgehead atoms. The Kier molecular flexibility index (Phi) is 8.76. The van der Waals surface area contributed by atoms with Crippen molar-refractivity contribution in [3.63, 3.8) is 0 Å². The van der Waals surface area contributed by atoms with Crippen molar-refractivity contribution in [1.29, 1.82) is 0 Å². The van der Waals surface area contributed by atoms with Gasteiger partial charge in [-0.2, -0.15) is 0 Å². The van der Waals surface area contributed by atoms with E-state index in [-0.39, 0.29) is 0 Å². The normalized spacial score (nSPS) is 9.84. The van der Waals surface area contributed by atoms with Crippen LogP contribution in [-0.2, 0) is 13.2 Å². The number of aromatic nitrogens is 2. The predicted octanol–water partition coefficient (Wildman–Crippen LogP) is 5.90. The minimum Gasteiger partial charge on any atom is -0.487 e. The average Bonchev–Trinajstić information content (AvgIpc) is 2.84. The molecular weight excluding hydrogens is 456 g/mol. The van der Waals surface area contributed by atoms with Crippen LogP contribution in [0.4, 0.5) is 0 Å². The maximum atomic E-state index is 10.4. The van der Waals surface area contributed by atoms with Crippen LogP contribution in [0.2, 0.25) is 0 Å². The highest BCUT2D eigenvalue weighted by Crippen LogP contribution is 2.14. The number of benzene rings is 2. The van der Waals surface area contributed by atoms with E-state index in [9.17, 15) is 4.79 Å². The van der Waals surface area contributed by atoms with Gasteiger partial charge in [0, 0.05) is 0 Å². The van der Waals surface area contributed by atoms with Crippen LogP contribution in [0.25, 0.3) is 0 Å². The molecule has 5 nitrogen and oxygen atoms in total. The second-order valence-corrected chi connectivity index (χ2v) is 7.21. The second-order valence-electron chi connectivity index (χ2n) is 6.40. The first-order chi connectivity index (χ1) is 15.2. The van der Waals surface area contributed by atoms with E-state index in [0.29, 0.717) is 30.9 Å². The fourth-order valence-corrected chi connectivity index (χ4v) is 2.71. The lowest BCUT2D eigenvalue weighted by atomic mass is 10.2. The Bertz CT molecular complexity index is 1040. The molecule has 4 aromatic rings. The standard InChI is InChI=1S/C13H11NO2.C12H10BrNO/c15-9-12-6-7-13(8-14-12)16-10-11-4-2-1-3-5-11;13-12-7-6-11(8-14-12)15-9-10-4-2-1-3-5-10/h1-9H,10H2;1-8H,9H2. The molecule has 0 fully saturated rings. The lowest BCUT2D eigenvalue weighted by Gasteiger charge is -2.05. The van der Waals surface area contributed by atoms with Crippen LogP contribution in [0.15, 0.2) is 102 Å². The van der Waals surface area contributed by atoms with Crippen molar-refractivity contribution in [3.05, 3.63) is 119 Å². The molecule has 0 saturated carbocycles. The first-order valence-electron chi connectivity index (χ1n) is 9.59. The van der Waals surface area contributed by atoms with Gasteiger partial charge in [-0.1, -0.05) is 60.7 Å². The summed E-state index contributed by atoms with van der Waals surface area (Å²) in [6.07, 6.45) is 3.96. The third-order valence-corrected chi connectivity index (χ3v) is 4.55. The average molecular weight is 477 g/mol. The number of aldehydes is 1. The molecule has 4 rings (SSSR count). The molecule has 0 radical (unpaired) electrons. The molecular formula is C25H21BrN2O3. The van der Waals surface area contributed by atoms with E-state index < -0.39 is 0 Å². The van der Waals surface area contributed by atoms with Gasteiger partial charge in [-0.05, 0) is 51.3 Å². The molecule has 0 spiro atoms. The SMILES string of the molecule is Brc1ccc(OCc2ccccc2)cn1.O=Cc1ccc(OCc2ccccc2)cn1. The van der Waals surface area contributed by atoms with Crippen LogP contribution in [0.1, 0.15) is 21.6 Å². The first kappa shape index (κ1) is 22.2. The van der Waals surface area contributed by atoms with Crippen LogP contribution in [0.3, 0.4) is 0 Å². The third-order valence-electron chi connectivity index (χ3n) is 4.08. The van der Waals surface area contributed by atoms with Crippen molar-refractivity contribution in [2.24, 2.45) is 0 Å². The zero-order valence-electron chi connectivity index (χ0n) is 16.7. The van der Waals surface area contributed by atoms with E-state index >= 15 is 0 Å². The highest BCUT2D eigenvalue weighted by molar-refractivity contribution is 9.10. The van der Waals surface area contributed by atoms with Crippen LogP contribution in [0, 0.1) is 0 Å². The van der Waals surface area contributed by atoms with Crippen LogP contribution >= 0.6 is 15.9 Å². The molecule has 6 heteroatoms. The Balaban J connectivity index is 0.000000176. The van der Waals surface area contributed by atoms with Crippen molar-refractivity contribution >= 4 is 22.2 Å². The van der Waals surface area contributed by atoms with Gasteiger partial charge in [-0.15, -0.1) is 0 Å². The quantitative estimate of drug-likeness (QED) is 0.245. The van der Waals surface area contributed by atoms with E-state index in [4.69, 9.17) is 9.47 Å².